The minimum Gasteiger partial charge on any atom is -0.368 e. The van der Waals surface area contributed by atoms with Gasteiger partial charge in [-0.25, -0.2) is 4.98 Å². The first-order valence-corrected chi connectivity index (χ1v) is 8.69. The van der Waals surface area contributed by atoms with Gasteiger partial charge in [-0.15, -0.1) is 0 Å². The Bertz CT molecular complexity index is 1310. The average molecular weight is 418 g/mol. The third-order valence-electron chi connectivity index (χ3n) is 4.55. The van der Waals surface area contributed by atoms with Gasteiger partial charge in [-0.1, -0.05) is 18.2 Å². The second kappa shape index (κ2) is 7.33. The number of para-hydroxylation sites is 1. The van der Waals surface area contributed by atoms with Gasteiger partial charge in [0.25, 0.3) is 5.91 Å². The lowest BCUT2D eigenvalue weighted by atomic mass is 9.97. The smallest absolute Gasteiger partial charge is 0.368 e. The first-order valence-electron chi connectivity index (χ1n) is 11.2. The quantitative estimate of drug-likeness (QED) is 0.667. The van der Waals surface area contributed by atoms with Crippen molar-refractivity contribution in [3.63, 3.8) is 0 Å². The van der Waals surface area contributed by atoms with Crippen molar-refractivity contribution in [3.8, 4) is 11.3 Å². The summed E-state index contributed by atoms with van der Waals surface area (Å²) in [6.07, 6.45) is -2.20. The Hall–Kier alpha value is -3.62. The van der Waals surface area contributed by atoms with Crippen LogP contribution in [-0.4, -0.2) is 29.9 Å². The van der Waals surface area contributed by atoms with Crippen molar-refractivity contribution >= 4 is 23.0 Å². The molecule has 30 heavy (non-hydrogen) atoms. The summed E-state index contributed by atoms with van der Waals surface area (Å²) < 4.78 is 78.9. The second-order valence-electron chi connectivity index (χ2n) is 6.46. The van der Waals surface area contributed by atoms with Crippen LogP contribution < -0.4 is 15.5 Å². The summed E-state index contributed by atoms with van der Waals surface area (Å²) in [5, 5.41) is 4.84. The normalized spacial score (nSPS) is 17.3. The van der Waals surface area contributed by atoms with Gasteiger partial charge in [0.15, 0.2) is 0 Å². The summed E-state index contributed by atoms with van der Waals surface area (Å²) in [7, 11) is 1.44. The van der Waals surface area contributed by atoms with Crippen LogP contribution in [-0.2, 0) is 12.7 Å². The van der Waals surface area contributed by atoms with Gasteiger partial charge in [-0.3, -0.25) is 9.78 Å². The molecular formula is C21H18F3N5O. The summed E-state index contributed by atoms with van der Waals surface area (Å²) in [4.78, 5) is 21.3. The lowest BCUT2D eigenvalue weighted by Crippen LogP contribution is -2.24. The Morgan fingerprint density at radius 2 is 2.07 bits per heavy atom. The van der Waals surface area contributed by atoms with E-state index in [1.165, 1.54) is 30.3 Å². The molecule has 1 aromatic carbocycles. The number of anilines is 3. The van der Waals surface area contributed by atoms with Crippen molar-refractivity contribution in [2.24, 2.45) is 0 Å². The summed E-state index contributed by atoms with van der Waals surface area (Å²) in [6, 6.07) is 7.85. The first kappa shape index (κ1) is 14.4. The van der Waals surface area contributed by atoms with Crippen molar-refractivity contribution < 1.29 is 24.8 Å². The molecule has 0 atom stereocenters. The Kier molecular flexibility index (Phi) is 3.51. The van der Waals surface area contributed by atoms with Gasteiger partial charge in [0.1, 0.15) is 5.69 Å². The van der Waals surface area contributed by atoms with E-state index in [9.17, 15) is 18.0 Å². The molecular weight excluding hydrogens is 395 g/mol. The zero-order chi connectivity index (χ0) is 25.8. The van der Waals surface area contributed by atoms with Gasteiger partial charge in [0.2, 0.25) is 0 Å². The molecule has 154 valence electrons. The van der Waals surface area contributed by atoms with Gasteiger partial charge < -0.3 is 15.5 Å². The van der Waals surface area contributed by atoms with Gasteiger partial charge in [-0.2, -0.15) is 13.2 Å². The van der Waals surface area contributed by atoms with E-state index in [1.807, 2.05) is 5.32 Å². The third kappa shape index (κ3) is 3.42. The molecule has 0 bridgehead atoms. The van der Waals surface area contributed by atoms with E-state index in [0.717, 1.165) is 18.3 Å². The summed E-state index contributed by atoms with van der Waals surface area (Å²) in [5.41, 5.74) is -0.567. The fraction of sp³-hybridized carbons (Fsp3) is 0.190. The minimum absolute atomic E-state index is 0.0284. The van der Waals surface area contributed by atoms with E-state index in [2.05, 4.69) is 15.3 Å². The van der Waals surface area contributed by atoms with Crippen molar-refractivity contribution in [1.82, 2.24) is 15.3 Å². The van der Waals surface area contributed by atoms with E-state index in [0.29, 0.717) is 0 Å². The number of pyridine rings is 2. The van der Waals surface area contributed by atoms with Crippen LogP contribution in [0.4, 0.5) is 30.2 Å². The number of alkyl halides is 3. The summed E-state index contributed by atoms with van der Waals surface area (Å²) in [6.45, 7) is -4.95. The molecule has 2 N–H and O–H groups in total. The molecule has 0 saturated heterocycles. The third-order valence-corrected chi connectivity index (χ3v) is 4.55. The highest BCUT2D eigenvalue weighted by atomic mass is 19.4. The second-order valence-corrected chi connectivity index (χ2v) is 6.46. The standard InChI is InChI=1S/C21H18F3N5O/c1-25-20(30)14-10-26-9-8-15(14)27-16-5-3-4-13-18-12(11-29(2)19(13)16)6-7-17(28-18)21(22,23)24/h3-10H,11H2,1-2H3,(H,25,30)(H,26,27)/i1D3,11D2. The number of hydrogen-bond acceptors (Lipinski definition) is 5. The number of hydrogen-bond donors (Lipinski definition) is 2. The maximum absolute atomic E-state index is 13.3. The molecule has 0 spiro atoms. The van der Waals surface area contributed by atoms with Crippen molar-refractivity contribution in [1.29, 1.82) is 0 Å². The lowest BCUT2D eigenvalue weighted by molar-refractivity contribution is -0.141. The van der Waals surface area contributed by atoms with E-state index in [1.54, 1.807) is 12.1 Å². The molecule has 3 heterocycles. The molecule has 4 rings (SSSR count). The number of carbonyl (C=O) groups is 1. The molecule has 2 aromatic heterocycles. The molecule has 3 aromatic rings. The Morgan fingerprint density at radius 1 is 1.23 bits per heavy atom. The SMILES string of the molecule is [2H]C([2H])([2H])NC(=O)c1cnccc1Nc1cccc2c1N(C)C([2H])([2H])c1ccc(C(F)(F)F)nc1-2. The molecule has 0 fully saturated rings. The summed E-state index contributed by atoms with van der Waals surface area (Å²) in [5.74, 6) is -0.920. The maximum atomic E-state index is 13.3. The monoisotopic (exact) mass is 418 g/mol. The fourth-order valence-electron chi connectivity index (χ4n) is 3.24. The van der Waals surface area contributed by atoms with Crippen molar-refractivity contribution in [2.75, 3.05) is 24.2 Å². The number of nitrogens with one attached hydrogen (secondary N) is 2. The topological polar surface area (TPSA) is 70.2 Å². The van der Waals surface area contributed by atoms with Crippen LogP contribution in [0.2, 0.25) is 0 Å². The number of halogens is 3. The number of nitrogens with zero attached hydrogens (tertiary/aromatic N) is 3. The molecule has 0 unspecified atom stereocenters. The highest BCUT2D eigenvalue weighted by Gasteiger charge is 2.34. The van der Waals surface area contributed by atoms with Gasteiger partial charge >= 0.3 is 6.18 Å². The van der Waals surface area contributed by atoms with E-state index in [-0.39, 0.29) is 39.4 Å². The maximum Gasteiger partial charge on any atom is 0.433 e. The van der Waals surface area contributed by atoms with Crippen LogP contribution in [0.15, 0.2) is 48.8 Å². The summed E-state index contributed by atoms with van der Waals surface area (Å²) >= 11 is 0. The van der Waals surface area contributed by atoms with Gasteiger partial charge in [-0.05, 0) is 23.8 Å². The zero-order valence-electron chi connectivity index (χ0n) is 20.5. The van der Waals surface area contributed by atoms with Crippen LogP contribution in [0.3, 0.4) is 0 Å². The Morgan fingerprint density at radius 3 is 2.83 bits per heavy atom. The Balaban J connectivity index is 1.84. The number of rotatable bonds is 3. The zero-order valence-corrected chi connectivity index (χ0v) is 15.5. The average Bonchev–Trinajstić information content (AvgIpc) is 2.76. The number of amides is 1. The number of carbonyl (C=O) groups excluding carboxylic acids is 1. The molecule has 0 radical (unpaired) electrons. The van der Waals surface area contributed by atoms with Crippen LogP contribution in [0, 0.1) is 0 Å². The lowest BCUT2D eigenvalue weighted by Gasteiger charge is -2.31. The largest absolute Gasteiger partial charge is 0.433 e. The molecule has 0 saturated carbocycles. The van der Waals surface area contributed by atoms with E-state index >= 15 is 0 Å². The van der Waals surface area contributed by atoms with Crippen LogP contribution >= 0.6 is 0 Å². The predicted molar refractivity (Wildman–Crippen MR) is 108 cm³/mol. The number of fused-ring (bicyclic) bond motifs is 3. The van der Waals surface area contributed by atoms with Crippen molar-refractivity contribution in [3.05, 3.63) is 65.6 Å². The van der Waals surface area contributed by atoms with E-state index < -0.39 is 31.3 Å². The van der Waals surface area contributed by atoms with Crippen LogP contribution in [0.25, 0.3) is 11.3 Å². The highest BCUT2D eigenvalue weighted by molar-refractivity contribution is 6.01. The Labute approximate surface area is 177 Å². The van der Waals surface area contributed by atoms with Gasteiger partial charge in [0, 0.05) is 42.6 Å². The first-order chi connectivity index (χ1) is 16.2. The van der Waals surface area contributed by atoms with E-state index in [4.69, 9.17) is 6.85 Å². The fourth-order valence-corrected chi connectivity index (χ4v) is 3.24. The molecule has 1 aliphatic heterocycles. The number of benzene rings is 1. The highest BCUT2D eigenvalue weighted by Crippen LogP contribution is 2.44. The minimum atomic E-state index is -4.72. The van der Waals surface area contributed by atoms with Crippen LogP contribution in [0.5, 0.6) is 0 Å². The number of aromatic nitrogens is 2. The van der Waals surface area contributed by atoms with Crippen molar-refractivity contribution in [2.45, 2.75) is 12.7 Å². The molecule has 1 aliphatic rings. The molecule has 1 amide bonds. The molecule has 9 heteroatoms. The molecule has 6 nitrogen and oxygen atoms in total. The molecule has 0 aliphatic carbocycles. The van der Waals surface area contributed by atoms with Gasteiger partial charge in [0.05, 0.1) is 31.1 Å². The van der Waals surface area contributed by atoms with Crippen LogP contribution in [0.1, 0.15) is 28.5 Å². The predicted octanol–water partition coefficient (Wildman–Crippen LogP) is 4.22.